The van der Waals surface area contributed by atoms with Gasteiger partial charge in [0.15, 0.2) is 0 Å². The monoisotopic (exact) mass is 318 g/mol. The number of aromatic nitrogens is 1. The second-order valence-corrected chi connectivity index (χ2v) is 5.76. The van der Waals surface area contributed by atoms with Crippen molar-refractivity contribution in [2.24, 2.45) is 0 Å². The molecule has 0 unspecified atom stereocenters. The fourth-order valence-electron chi connectivity index (χ4n) is 3.05. The third kappa shape index (κ3) is 3.33. The first kappa shape index (κ1) is 15.5. The SMILES string of the molecule is CCc1c(C2CCN(C(=O)NCc3ccco3)CC2)noc1N. The summed E-state index contributed by atoms with van der Waals surface area (Å²) in [5, 5.41) is 6.99. The molecule has 1 aliphatic heterocycles. The quantitative estimate of drug-likeness (QED) is 0.902. The van der Waals surface area contributed by atoms with Crippen molar-refractivity contribution in [2.45, 2.75) is 38.6 Å². The van der Waals surface area contributed by atoms with Gasteiger partial charge >= 0.3 is 6.03 Å². The van der Waals surface area contributed by atoms with Gasteiger partial charge in [-0.25, -0.2) is 4.79 Å². The van der Waals surface area contributed by atoms with E-state index in [4.69, 9.17) is 14.7 Å². The zero-order valence-corrected chi connectivity index (χ0v) is 13.2. The number of carbonyl (C=O) groups is 1. The van der Waals surface area contributed by atoms with E-state index in [-0.39, 0.29) is 6.03 Å². The van der Waals surface area contributed by atoms with Gasteiger partial charge in [-0.05, 0) is 31.4 Å². The van der Waals surface area contributed by atoms with Gasteiger partial charge in [0.2, 0.25) is 5.88 Å². The Morgan fingerprint density at radius 1 is 1.48 bits per heavy atom. The number of rotatable bonds is 4. The van der Waals surface area contributed by atoms with E-state index in [9.17, 15) is 4.79 Å². The number of urea groups is 1. The molecule has 0 spiro atoms. The number of piperidine rings is 1. The van der Waals surface area contributed by atoms with E-state index in [0.717, 1.165) is 36.3 Å². The molecule has 0 bridgehead atoms. The summed E-state index contributed by atoms with van der Waals surface area (Å²) in [7, 11) is 0. The third-order valence-electron chi connectivity index (χ3n) is 4.37. The summed E-state index contributed by atoms with van der Waals surface area (Å²) in [6.07, 6.45) is 4.15. The van der Waals surface area contributed by atoms with Crippen molar-refractivity contribution in [3.8, 4) is 0 Å². The number of nitrogens with one attached hydrogen (secondary N) is 1. The fourth-order valence-corrected chi connectivity index (χ4v) is 3.05. The molecular formula is C16H22N4O3. The average Bonchev–Trinajstić information content (AvgIpc) is 3.22. The minimum Gasteiger partial charge on any atom is -0.467 e. The Morgan fingerprint density at radius 3 is 2.91 bits per heavy atom. The highest BCUT2D eigenvalue weighted by Gasteiger charge is 2.28. The molecule has 2 amide bonds. The Morgan fingerprint density at radius 2 is 2.26 bits per heavy atom. The smallest absolute Gasteiger partial charge is 0.317 e. The molecule has 0 aromatic carbocycles. The number of amides is 2. The highest BCUT2D eigenvalue weighted by Crippen LogP contribution is 2.32. The second-order valence-electron chi connectivity index (χ2n) is 5.76. The number of hydrogen-bond donors (Lipinski definition) is 2. The maximum Gasteiger partial charge on any atom is 0.317 e. The largest absolute Gasteiger partial charge is 0.467 e. The summed E-state index contributed by atoms with van der Waals surface area (Å²) in [5.74, 6) is 1.47. The number of carbonyl (C=O) groups excluding carboxylic acids is 1. The van der Waals surface area contributed by atoms with Crippen molar-refractivity contribution in [3.05, 3.63) is 35.4 Å². The minimum absolute atomic E-state index is 0.0600. The van der Waals surface area contributed by atoms with Gasteiger partial charge < -0.3 is 24.9 Å². The molecule has 7 nitrogen and oxygen atoms in total. The lowest BCUT2D eigenvalue weighted by molar-refractivity contribution is 0.179. The molecule has 3 heterocycles. The molecule has 1 aliphatic rings. The van der Waals surface area contributed by atoms with Crippen LogP contribution in [-0.2, 0) is 13.0 Å². The lowest BCUT2D eigenvalue weighted by atomic mass is 9.90. The van der Waals surface area contributed by atoms with Gasteiger partial charge in [0.1, 0.15) is 5.76 Å². The van der Waals surface area contributed by atoms with Crippen LogP contribution in [0.25, 0.3) is 0 Å². The summed E-state index contributed by atoms with van der Waals surface area (Å²) in [6.45, 7) is 3.85. The Labute approximate surface area is 134 Å². The van der Waals surface area contributed by atoms with Crippen LogP contribution >= 0.6 is 0 Å². The first-order valence-electron chi connectivity index (χ1n) is 7.98. The van der Waals surface area contributed by atoms with Crippen LogP contribution in [0.15, 0.2) is 27.3 Å². The Kier molecular flexibility index (Phi) is 4.55. The maximum atomic E-state index is 12.2. The van der Waals surface area contributed by atoms with E-state index >= 15 is 0 Å². The molecule has 0 radical (unpaired) electrons. The first-order valence-corrected chi connectivity index (χ1v) is 7.98. The summed E-state index contributed by atoms with van der Waals surface area (Å²) in [6, 6.07) is 3.59. The van der Waals surface area contributed by atoms with Gasteiger partial charge in [-0.15, -0.1) is 0 Å². The Balaban J connectivity index is 1.52. The van der Waals surface area contributed by atoms with Crippen molar-refractivity contribution in [1.82, 2.24) is 15.4 Å². The van der Waals surface area contributed by atoms with E-state index in [0.29, 0.717) is 31.4 Å². The normalized spacial score (nSPS) is 15.8. The van der Waals surface area contributed by atoms with E-state index in [1.165, 1.54) is 0 Å². The standard InChI is InChI=1S/C16H22N4O3/c1-2-13-14(19-23-15(13)17)11-5-7-20(8-6-11)16(21)18-10-12-4-3-9-22-12/h3-4,9,11H,2,5-8,10,17H2,1H3,(H,18,21). The number of likely N-dealkylation sites (tertiary alicyclic amines) is 1. The van der Waals surface area contributed by atoms with Crippen LogP contribution in [0.4, 0.5) is 10.7 Å². The summed E-state index contributed by atoms with van der Waals surface area (Å²) in [4.78, 5) is 14.0. The van der Waals surface area contributed by atoms with Gasteiger partial charge in [0, 0.05) is 24.6 Å². The molecular weight excluding hydrogens is 296 g/mol. The molecule has 7 heteroatoms. The van der Waals surface area contributed by atoms with Crippen molar-refractivity contribution in [2.75, 3.05) is 18.8 Å². The molecule has 3 rings (SSSR count). The summed E-state index contributed by atoms with van der Waals surface area (Å²) >= 11 is 0. The number of nitrogen functional groups attached to an aromatic ring is 1. The summed E-state index contributed by atoms with van der Waals surface area (Å²) in [5.41, 5.74) is 7.77. The van der Waals surface area contributed by atoms with Crippen LogP contribution < -0.4 is 11.1 Å². The minimum atomic E-state index is -0.0600. The molecule has 1 fully saturated rings. The number of nitrogens with two attached hydrogens (primary N) is 1. The van der Waals surface area contributed by atoms with Crippen LogP contribution in [0.5, 0.6) is 0 Å². The van der Waals surface area contributed by atoms with Crippen molar-refractivity contribution in [1.29, 1.82) is 0 Å². The van der Waals surface area contributed by atoms with E-state index in [1.54, 1.807) is 6.26 Å². The molecule has 2 aromatic heterocycles. The van der Waals surface area contributed by atoms with Crippen LogP contribution in [0.2, 0.25) is 0 Å². The van der Waals surface area contributed by atoms with E-state index in [2.05, 4.69) is 10.5 Å². The Bertz CT molecular complexity index is 642. The molecule has 0 aliphatic carbocycles. The summed E-state index contributed by atoms with van der Waals surface area (Å²) < 4.78 is 10.3. The highest BCUT2D eigenvalue weighted by molar-refractivity contribution is 5.74. The lowest BCUT2D eigenvalue weighted by Crippen LogP contribution is -2.43. The van der Waals surface area contributed by atoms with Gasteiger partial charge in [0.05, 0.1) is 18.5 Å². The van der Waals surface area contributed by atoms with Gasteiger partial charge in [0.25, 0.3) is 0 Å². The van der Waals surface area contributed by atoms with E-state index in [1.807, 2.05) is 24.0 Å². The van der Waals surface area contributed by atoms with Crippen molar-refractivity contribution in [3.63, 3.8) is 0 Å². The van der Waals surface area contributed by atoms with Gasteiger partial charge in [-0.3, -0.25) is 0 Å². The van der Waals surface area contributed by atoms with Gasteiger partial charge in [-0.1, -0.05) is 12.1 Å². The molecule has 2 aromatic rings. The molecule has 23 heavy (non-hydrogen) atoms. The van der Waals surface area contributed by atoms with Crippen molar-refractivity contribution < 1.29 is 13.7 Å². The second kappa shape index (κ2) is 6.76. The van der Waals surface area contributed by atoms with Crippen LogP contribution in [0.1, 0.15) is 42.7 Å². The molecule has 124 valence electrons. The van der Waals surface area contributed by atoms with Crippen LogP contribution in [0.3, 0.4) is 0 Å². The molecule has 0 saturated carbocycles. The lowest BCUT2D eigenvalue weighted by Gasteiger charge is -2.31. The predicted octanol–water partition coefficient (Wildman–Crippen LogP) is 2.50. The average molecular weight is 318 g/mol. The van der Waals surface area contributed by atoms with Crippen LogP contribution in [-0.4, -0.2) is 29.2 Å². The fraction of sp³-hybridized carbons (Fsp3) is 0.500. The van der Waals surface area contributed by atoms with Crippen LogP contribution in [0, 0.1) is 0 Å². The van der Waals surface area contributed by atoms with E-state index < -0.39 is 0 Å². The topological polar surface area (TPSA) is 97.5 Å². The molecule has 3 N–H and O–H groups in total. The third-order valence-corrected chi connectivity index (χ3v) is 4.37. The molecule has 0 atom stereocenters. The highest BCUT2D eigenvalue weighted by atomic mass is 16.5. The van der Waals surface area contributed by atoms with Gasteiger partial charge in [-0.2, -0.15) is 0 Å². The zero-order chi connectivity index (χ0) is 16.2. The molecule has 1 saturated heterocycles. The zero-order valence-electron chi connectivity index (χ0n) is 13.2. The number of anilines is 1. The number of hydrogen-bond acceptors (Lipinski definition) is 5. The first-order chi connectivity index (χ1) is 11.2. The number of nitrogens with zero attached hydrogens (tertiary/aromatic N) is 2. The van der Waals surface area contributed by atoms with Crippen molar-refractivity contribution >= 4 is 11.9 Å². The predicted molar refractivity (Wildman–Crippen MR) is 84.8 cm³/mol. The Hall–Kier alpha value is -2.44. The maximum absolute atomic E-state index is 12.2. The number of furan rings is 1.